The summed E-state index contributed by atoms with van der Waals surface area (Å²) >= 11 is 0. The fraction of sp³-hybridized carbons (Fsp3) is 0.300. The molecular weight excluding hydrogens is 180 g/mol. The molecule has 0 aromatic heterocycles. The maximum absolute atomic E-state index is 11.5. The molecular formula is C10H10N2O2. The van der Waals surface area contributed by atoms with Crippen LogP contribution in [0.1, 0.15) is 12.5 Å². The van der Waals surface area contributed by atoms with Gasteiger partial charge in [-0.25, -0.2) is 4.79 Å². The molecule has 1 aliphatic heterocycles. The van der Waals surface area contributed by atoms with E-state index in [1.54, 1.807) is 6.92 Å². The molecule has 4 heteroatoms. The van der Waals surface area contributed by atoms with Crippen molar-refractivity contribution in [2.75, 3.05) is 6.61 Å². The third-order valence-electron chi connectivity index (χ3n) is 2.04. The van der Waals surface area contributed by atoms with E-state index in [0.717, 1.165) is 5.56 Å². The Morgan fingerprint density at radius 2 is 2.00 bits per heavy atom. The zero-order valence-electron chi connectivity index (χ0n) is 7.80. The molecule has 1 aliphatic rings. The minimum atomic E-state index is -1.06. The Morgan fingerprint density at radius 1 is 1.36 bits per heavy atom. The number of rotatable bonds is 3. The first-order valence-corrected chi connectivity index (χ1v) is 4.46. The van der Waals surface area contributed by atoms with Crippen LogP contribution in [0.2, 0.25) is 0 Å². The SMILES string of the molecule is CCOC(=O)C1(c2ccccc2)N=N1. The van der Waals surface area contributed by atoms with E-state index in [-0.39, 0.29) is 0 Å². The van der Waals surface area contributed by atoms with E-state index >= 15 is 0 Å². The summed E-state index contributed by atoms with van der Waals surface area (Å²) in [6.07, 6.45) is 0. The van der Waals surface area contributed by atoms with Gasteiger partial charge in [0.2, 0.25) is 0 Å². The largest absolute Gasteiger partial charge is 0.462 e. The maximum Gasteiger partial charge on any atom is 0.365 e. The average molecular weight is 190 g/mol. The molecule has 0 saturated carbocycles. The summed E-state index contributed by atoms with van der Waals surface area (Å²) in [4.78, 5) is 11.5. The standard InChI is InChI=1S/C10H10N2O2/c1-2-14-9(13)10(11-12-10)8-6-4-3-5-7-8/h3-7H,2H2,1H3. The molecule has 14 heavy (non-hydrogen) atoms. The van der Waals surface area contributed by atoms with Gasteiger partial charge in [0.15, 0.2) is 0 Å². The van der Waals surface area contributed by atoms with Crippen molar-refractivity contribution in [3.63, 3.8) is 0 Å². The molecule has 4 nitrogen and oxygen atoms in total. The first-order valence-electron chi connectivity index (χ1n) is 4.46. The number of esters is 1. The third-order valence-corrected chi connectivity index (χ3v) is 2.04. The maximum atomic E-state index is 11.5. The highest BCUT2D eigenvalue weighted by Gasteiger charge is 2.51. The van der Waals surface area contributed by atoms with E-state index in [4.69, 9.17) is 4.74 Å². The lowest BCUT2D eigenvalue weighted by molar-refractivity contribution is -0.146. The van der Waals surface area contributed by atoms with Crippen LogP contribution in [-0.4, -0.2) is 12.6 Å². The predicted molar refractivity (Wildman–Crippen MR) is 49.6 cm³/mol. The minimum Gasteiger partial charge on any atom is -0.462 e. The van der Waals surface area contributed by atoms with Crippen molar-refractivity contribution in [3.8, 4) is 0 Å². The van der Waals surface area contributed by atoms with Gasteiger partial charge in [-0.1, -0.05) is 30.3 Å². The molecule has 72 valence electrons. The highest BCUT2D eigenvalue weighted by Crippen LogP contribution is 2.40. The molecule has 0 N–H and O–H groups in total. The number of carbonyl (C=O) groups is 1. The lowest BCUT2D eigenvalue weighted by Gasteiger charge is -2.08. The Labute approximate surface area is 81.6 Å². The molecule has 0 aliphatic carbocycles. The molecule has 0 unspecified atom stereocenters. The summed E-state index contributed by atoms with van der Waals surface area (Å²) in [7, 11) is 0. The van der Waals surface area contributed by atoms with Gasteiger partial charge in [0.05, 0.1) is 6.61 Å². The predicted octanol–water partition coefficient (Wildman–Crippen LogP) is 1.87. The van der Waals surface area contributed by atoms with Crippen molar-refractivity contribution in [2.45, 2.75) is 12.6 Å². The fourth-order valence-electron chi connectivity index (χ4n) is 1.27. The van der Waals surface area contributed by atoms with E-state index in [0.29, 0.717) is 6.61 Å². The molecule has 0 radical (unpaired) electrons. The Bertz CT molecular complexity index is 367. The molecule has 0 bridgehead atoms. The second-order valence-corrected chi connectivity index (χ2v) is 2.96. The Morgan fingerprint density at radius 3 is 2.50 bits per heavy atom. The summed E-state index contributed by atoms with van der Waals surface area (Å²) in [5.74, 6) is -0.397. The van der Waals surface area contributed by atoms with Crippen LogP contribution in [-0.2, 0) is 15.2 Å². The van der Waals surface area contributed by atoms with Crippen molar-refractivity contribution in [2.24, 2.45) is 10.2 Å². The number of hydrogen-bond donors (Lipinski definition) is 0. The van der Waals surface area contributed by atoms with Crippen LogP contribution < -0.4 is 0 Å². The van der Waals surface area contributed by atoms with E-state index in [1.165, 1.54) is 0 Å². The normalized spacial score (nSPS) is 16.4. The molecule has 2 rings (SSSR count). The molecule has 1 heterocycles. The highest BCUT2D eigenvalue weighted by molar-refractivity contribution is 5.84. The van der Waals surface area contributed by atoms with Crippen molar-refractivity contribution in [3.05, 3.63) is 35.9 Å². The summed E-state index contributed by atoms with van der Waals surface area (Å²) in [6.45, 7) is 2.11. The zero-order chi connectivity index (χ0) is 10.0. The molecule has 1 aromatic carbocycles. The summed E-state index contributed by atoms with van der Waals surface area (Å²) in [5.41, 5.74) is -0.296. The summed E-state index contributed by atoms with van der Waals surface area (Å²) < 4.78 is 4.90. The third kappa shape index (κ3) is 1.28. The van der Waals surface area contributed by atoms with Gasteiger partial charge in [0, 0.05) is 5.56 Å². The Hall–Kier alpha value is -1.71. The van der Waals surface area contributed by atoms with Gasteiger partial charge in [0.1, 0.15) is 0 Å². The highest BCUT2D eigenvalue weighted by atomic mass is 16.5. The first-order chi connectivity index (χ1) is 6.79. The van der Waals surface area contributed by atoms with Crippen LogP contribution in [0.5, 0.6) is 0 Å². The fourth-order valence-corrected chi connectivity index (χ4v) is 1.27. The summed E-state index contributed by atoms with van der Waals surface area (Å²) in [5, 5.41) is 7.55. The molecule has 1 aromatic rings. The lowest BCUT2D eigenvalue weighted by Crippen LogP contribution is -2.24. The zero-order valence-corrected chi connectivity index (χ0v) is 7.80. The van der Waals surface area contributed by atoms with Gasteiger partial charge in [-0.15, -0.1) is 10.2 Å². The number of ether oxygens (including phenoxy) is 1. The van der Waals surface area contributed by atoms with E-state index in [1.807, 2.05) is 30.3 Å². The lowest BCUT2D eigenvalue weighted by atomic mass is 10.0. The molecule has 0 spiro atoms. The van der Waals surface area contributed by atoms with Gasteiger partial charge >= 0.3 is 11.6 Å². The van der Waals surface area contributed by atoms with Crippen LogP contribution in [0.4, 0.5) is 0 Å². The van der Waals surface area contributed by atoms with Gasteiger partial charge in [-0.3, -0.25) is 0 Å². The minimum absolute atomic E-state index is 0.346. The first kappa shape index (κ1) is 8.87. The monoisotopic (exact) mass is 190 g/mol. The molecule has 0 amide bonds. The Balaban J connectivity index is 2.22. The van der Waals surface area contributed by atoms with E-state index < -0.39 is 11.6 Å². The molecule has 0 saturated heterocycles. The van der Waals surface area contributed by atoms with Gasteiger partial charge < -0.3 is 4.74 Å². The van der Waals surface area contributed by atoms with Gasteiger partial charge in [-0.2, -0.15) is 0 Å². The van der Waals surface area contributed by atoms with Crippen LogP contribution in [0.25, 0.3) is 0 Å². The van der Waals surface area contributed by atoms with E-state index in [9.17, 15) is 4.79 Å². The average Bonchev–Trinajstić information content (AvgIpc) is 3.00. The smallest absolute Gasteiger partial charge is 0.365 e. The Kier molecular flexibility index (Phi) is 2.04. The second kappa shape index (κ2) is 3.21. The number of nitrogens with zero attached hydrogens (tertiary/aromatic N) is 2. The second-order valence-electron chi connectivity index (χ2n) is 2.96. The van der Waals surface area contributed by atoms with Crippen LogP contribution >= 0.6 is 0 Å². The topological polar surface area (TPSA) is 51.0 Å². The van der Waals surface area contributed by atoms with Crippen molar-refractivity contribution < 1.29 is 9.53 Å². The van der Waals surface area contributed by atoms with Crippen molar-refractivity contribution in [1.29, 1.82) is 0 Å². The number of benzene rings is 1. The van der Waals surface area contributed by atoms with Crippen molar-refractivity contribution >= 4 is 5.97 Å². The number of carbonyl (C=O) groups excluding carboxylic acids is 1. The molecule has 0 fully saturated rings. The summed E-state index contributed by atoms with van der Waals surface area (Å²) in [6, 6.07) is 9.21. The molecule has 0 atom stereocenters. The van der Waals surface area contributed by atoms with Gasteiger partial charge in [0.25, 0.3) is 0 Å². The van der Waals surface area contributed by atoms with Gasteiger partial charge in [-0.05, 0) is 6.92 Å². The van der Waals surface area contributed by atoms with Crippen LogP contribution in [0.3, 0.4) is 0 Å². The van der Waals surface area contributed by atoms with Crippen molar-refractivity contribution in [1.82, 2.24) is 0 Å². The van der Waals surface area contributed by atoms with Crippen LogP contribution in [0.15, 0.2) is 40.6 Å². The van der Waals surface area contributed by atoms with Crippen LogP contribution in [0, 0.1) is 0 Å². The van der Waals surface area contributed by atoms with E-state index in [2.05, 4.69) is 10.2 Å². The quantitative estimate of drug-likeness (QED) is 0.683. The number of hydrogen-bond acceptors (Lipinski definition) is 4.